The van der Waals surface area contributed by atoms with E-state index in [1.165, 1.54) is 45.3 Å². The molecule has 0 bridgehead atoms. The molecule has 25 heavy (non-hydrogen) atoms. The van der Waals surface area contributed by atoms with E-state index in [0.717, 1.165) is 62.6 Å². The van der Waals surface area contributed by atoms with Gasteiger partial charge in [0.05, 0.1) is 0 Å². The lowest BCUT2D eigenvalue weighted by molar-refractivity contribution is 0.0677. The first-order chi connectivity index (χ1) is 12.3. The third-order valence-electron chi connectivity index (χ3n) is 6.20. The van der Waals surface area contributed by atoms with Crippen LogP contribution in [0.2, 0.25) is 0 Å². The number of carbonyl (C=O) groups excluding carboxylic acids is 1. The molecule has 2 fully saturated rings. The van der Waals surface area contributed by atoms with Crippen molar-refractivity contribution in [1.82, 2.24) is 25.3 Å². The van der Waals surface area contributed by atoms with Crippen molar-refractivity contribution in [3.8, 4) is 0 Å². The summed E-state index contributed by atoms with van der Waals surface area (Å²) in [5, 5.41) is 10.7. The molecule has 0 radical (unpaired) electrons. The van der Waals surface area contributed by atoms with Gasteiger partial charge in [-0.15, -0.1) is 0 Å². The monoisotopic (exact) mass is 345 g/mol. The number of rotatable bonds is 5. The number of aromatic nitrogens is 2. The van der Waals surface area contributed by atoms with Crippen LogP contribution in [-0.2, 0) is 13.0 Å². The molecule has 0 aliphatic carbocycles. The average molecular weight is 345 g/mol. The summed E-state index contributed by atoms with van der Waals surface area (Å²) >= 11 is 0. The molecule has 0 spiro atoms. The van der Waals surface area contributed by atoms with Gasteiger partial charge in [-0.3, -0.25) is 9.89 Å². The second-order valence-electron chi connectivity index (χ2n) is 7.88. The molecule has 2 N–H and O–H groups in total. The molecule has 1 amide bonds. The molecule has 4 heterocycles. The quantitative estimate of drug-likeness (QED) is 0.854. The van der Waals surface area contributed by atoms with Gasteiger partial charge in [0.2, 0.25) is 0 Å². The predicted molar refractivity (Wildman–Crippen MR) is 97.5 cm³/mol. The first-order valence-electron chi connectivity index (χ1n) is 10.1. The van der Waals surface area contributed by atoms with Gasteiger partial charge in [-0.2, -0.15) is 5.10 Å². The van der Waals surface area contributed by atoms with E-state index in [1.54, 1.807) is 0 Å². The van der Waals surface area contributed by atoms with E-state index >= 15 is 0 Å². The van der Waals surface area contributed by atoms with Crippen molar-refractivity contribution in [2.75, 3.05) is 39.3 Å². The summed E-state index contributed by atoms with van der Waals surface area (Å²) < 4.78 is 0. The number of hydrogen-bond donors (Lipinski definition) is 2. The number of nitrogens with one attached hydrogen (secondary N) is 2. The first kappa shape index (κ1) is 17.0. The molecular weight excluding hydrogens is 314 g/mol. The highest BCUT2D eigenvalue weighted by atomic mass is 16.2. The molecule has 3 aliphatic heterocycles. The largest absolute Gasteiger partial charge is 0.337 e. The van der Waals surface area contributed by atoms with Crippen molar-refractivity contribution in [3.05, 3.63) is 17.0 Å². The molecule has 4 rings (SSSR count). The average Bonchev–Trinajstić information content (AvgIpc) is 3.31. The van der Waals surface area contributed by atoms with Gasteiger partial charge in [0.25, 0.3) is 5.91 Å². The number of nitrogens with zero attached hydrogens (tertiary/aromatic N) is 3. The zero-order chi connectivity index (χ0) is 17.1. The van der Waals surface area contributed by atoms with E-state index in [9.17, 15) is 4.79 Å². The lowest BCUT2D eigenvalue weighted by atomic mass is 9.92. The Kier molecular flexibility index (Phi) is 5.36. The maximum absolute atomic E-state index is 12.8. The fraction of sp³-hybridized carbons (Fsp3) is 0.789. The SMILES string of the molecule is O=C(c1n[nH]c2c1CNCC2)N1CCC(CCCN2CCCC2)CC1. The van der Waals surface area contributed by atoms with E-state index in [2.05, 4.69) is 20.4 Å². The Balaban J connectivity index is 1.24. The lowest BCUT2D eigenvalue weighted by Gasteiger charge is -2.32. The van der Waals surface area contributed by atoms with Crippen LogP contribution in [0.15, 0.2) is 0 Å². The van der Waals surface area contributed by atoms with E-state index in [1.807, 2.05) is 4.90 Å². The second-order valence-corrected chi connectivity index (χ2v) is 7.88. The van der Waals surface area contributed by atoms with E-state index in [-0.39, 0.29) is 5.91 Å². The van der Waals surface area contributed by atoms with Crippen LogP contribution in [0.5, 0.6) is 0 Å². The molecular formula is C19H31N5O. The summed E-state index contributed by atoms with van der Waals surface area (Å²) in [6.45, 7) is 7.38. The molecule has 6 nitrogen and oxygen atoms in total. The van der Waals surface area contributed by atoms with Gasteiger partial charge in [-0.05, 0) is 64.1 Å². The summed E-state index contributed by atoms with van der Waals surface area (Å²) in [5.41, 5.74) is 2.87. The molecule has 1 aromatic rings. The van der Waals surface area contributed by atoms with Gasteiger partial charge in [-0.1, -0.05) is 0 Å². The van der Waals surface area contributed by atoms with E-state index < -0.39 is 0 Å². The van der Waals surface area contributed by atoms with Crippen LogP contribution in [0, 0.1) is 5.92 Å². The van der Waals surface area contributed by atoms with Crippen LogP contribution in [0.25, 0.3) is 0 Å². The summed E-state index contributed by atoms with van der Waals surface area (Å²) in [4.78, 5) is 17.5. The number of amides is 1. The highest BCUT2D eigenvalue weighted by Crippen LogP contribution is 2.25. The molecule has 0 saturated carbocycles. The van der Waals surface area contributed by atoms with Gasteiger partial charge < -0.3 is 15.1 Å². The molecule has 2 saturated heterocycles. The third-order valence-corrected chi connectivity index (χ3v) is 6.20. The normalized spacial score (nSPS) is 22.3. The molecule has 0 unspecified atom stereocenters. The summed E-state index contributed by atoms with van der Waals surface area (Å²) in [5.74, 6) is 0.915. The minimum Gasteiger partial charge on any atom is -0.337 e. The van der Waals surface area contributed by atoms with E-state index in [4.69, 9.17) is 0 Å². The fourth-order valence-corrected chi connectivity index (χ4v) is 4.59. The number of carbonyl (C=O) groups is 1. The van der Waals surface area contributed by atoms with Crippen LogP contribution < -0.4 is 5.32 Å². The highest BCUT2D eigenvalue weighted by Gasteiger charge is 2.28. The van der Waals surface area contributed by atoms with E-state index in [0.29, 0.717) is 5.69 Å². The second kappa shape index (κ2) is 7.87. The van der Waals surface area contributed by atoms with Gasteiger partial charge in [0.1, 0.15) is 0 Å². The third kappa shape index (κ3) is 3.90. The molecule has 1 aromatic heterocycles. The Morgan fingerprint density at radius 1 is 1.16 bits per heavy atom. The van der Waals surface area contributed by atoms with Crippen LogP contribution >= 0.6 is 0 Å². The smallest absolute Gasteiger partial charge is 0.274 e. The Morgan fingerprint density at radius 2 is 1.96 bits per heavy atom. The molecule has 0 aromatic carbocycles. The van der Waals surface area contributed by atoms with Crippen LogP contribution in [0.1, 0.15) is 60.3 Å². The minimum absolute atomic E-state index is 0.122. The minimum atomic E-state index is 0.122. The zero-order valence-corrected chi connectivity index (χ0v) is 15.2. The van der Waals surface area contributed by atoms with Crippen LogP contribution in [0.3, 0.4) is 0 Å². The van der Waals surface area contributed by atoms with Crippen LogP contribution in [0.4, 0.5) is 0 Å². The highest BCUT2D eigenvalue weighted by molar-refractivity contribution is 5.94. The molecule has 6 heteroatoms. The number of H-pyrrole nitrogens is 1. The Labute approximate surface area is 150 Å². The van der Waals surface area contributed by atoms with Crippen molar-refractivity contribution in [3.63, 3.8) is 0 Å². The predicted octanol–water partition coefficient (Wildman–Crippen LogP) is 1.78. The standard InChI is InChI=1S/C19H31N5O/c25-19(18-16-14-20-8-5-17(16)21-22-18)24-12-6-15(7-13-24)4-3-11-23-9-1-2-10-23/h15,20H,1-14H2,(H,21,22). The van der Waals surface area contributed by atoms with Gasteiger partial charge >= 0.3 is 0 Å². The van der Waals surface area contributed by atoms with Gasteiger partial charge in [0.15, 0.2) is 5.69 Å². The molecule has 3 aliphatic rings. The fourth-order valence-electron chi connectivity index (χ4n) is 4.59. The van der Waals surface area contributed by atoms with Crippen molar-refractivity contribution >= 4 is 5.91 Å². The van der Waals surface area contributed by atoms with Gasteiger partial charge in [0, 0.05) is 43.9 Å². The maximum atomic E-state index is 12.8. The Hall–Kier alpha value is -1.40. The first-order valence-corrected chi connectivity index (χ1v) is 10.1. The Bertz CT molecular complexity index is 585. The number of aromatic amines is 1. The van der Waals surface area contributed by atoms with Crippen molar-refractivity contribution in [1.29, 1.82) is 0 Å². The zero-order valence-electron chi connectivity index (χ0n) is 15.2. The van der Waals surface area contributed by atoms with Crippen molar-refractivity contribution in [2.45, 2.75) is 51.5 Å². The number of fused-ring (bicyclic) bond motifs is 1. The number of piperidine rings is 1. The summed E-state index contributed by atoms with van der Waals surface area (Å²) in [6.07, 6.45) is 8.64. The topological polar surface area (TPSA) is 64.3 Å². The van der Waals surface area contributed by atoms with Crippen molar-refractivity contribution < 1.29 is 4.79 Å². The summed E-state index contributed by atoms with van der Waals surface area (Å²) in [7, 11) is 0. The number of hydrogen-bond acceptors (Lipinski definition) is 4. The Morgan fingerprint density at radius 3 is 2.76 bits per heavy atom. The number of likely N-dealkylation sites (tertiary alicyclic amines) is 2. The van der Waals surface area contributed by atoms with Crippen molar-refractivity contribution in [2.24, 2.45) is 5.92 Å². The lowest BCUT2D eigenvalue weighted by Crippen LogP contribution is -2.39. The molecule has 138 valence electrons. The maximum Gasteiger partial charge on any atom is 0.274 e. The van der Waals surface area contributed by atoms with Crippen LogP contribution in [-0.4, -0.2) is 65.2 Å². The molecule has 0 atom stereocenters. The summed E-state index contributed by atoms with van der Waals surface area (Å²) in [6, 6.07) is 0. The van der Waals surface area contributed by atoms with Gasteiger partial charge in [-0.25, -0.2) is 0 Å².